The number of amides is 1. The zero-order valence-electron chi connectivity index (χ0n) is 16.9. The number of carbonyl (C=O) groups excluding carboxylic acids is 1. The van der Waals surface area contributed by atoms with Gasteiger partial charge in [-0.15, -0.1) is 0 Å². The lowest BCUT2D eigenvalue weighted by atomic mass is 10.0. The van der Waals surface area contributed by atoms with E-state index in [1.54, 1.807) is 38.5 Å². The maximum Gasteiger partial charge on any atom is 0.252 e. The molecule has 3 rings (SSSR count). The van der Waals surface area contributed by atoms with Crippen molar-refractivity contribution in [2.75, 3.05) is 20.8 Å². The number of carbonyl (C=O) groups is 1. The van der Waals surface area contributed by atoms with E-state index < -0.39 is 5.82 Å². The molecule has 1 heterocycles. The van der Waals surface area contributed by atoms with Gasteiger partial charge in [-0.3, -0.25) is 4.79 Å². The molecule has 0 radical (unpaired) electrons. The van der Waals surface area contributed by atoms with Gasteiger partial charge in [0.2, 0.25) is 0 Å². The molecule has 0 atom stereocenters. The molecule has 5 nitrogen and oxygen atoms in total. The van der Waals surface area contributed by atoms with Gasteiger partial charge < -0.3 is 14.8 Å². The highest BCUT2D eigenvalue weighted by Crippen LogP contribution is 2.34. The van der Waals surface area contributed by atoms with Gasteiger partial charge in [0.1, 0.15) is 17.3 Å². The molecule has 3 aromatic rings. The summed E-state index contributed by atoms with van der Waals surface area (Å²) in [5.41, 5.74) is 2.22. The van der Waals surface area contributed by atoms with E-state index in [0.29, 0.717) is 40.2 Å². The number of hydrogen-bond donors (Lipinski definition) is 1. The van der Waals surface area contributed by atoms with E-state index in [2.05, 4.69) is 17.2 Å². The monoisotopic (exact) mass is 396 g/mol. The normalized spacial score (nSPS) is 10.8. The third kappa shape index (κ3) is 4.65. The lowest BCUT2D eigenvalue weighted by molar-refractivity contribution is 0.0954. The van der Waals surface area contributed by atoms with Crippen molar-refractivity contribution in [1.29, 1.82) is 0 Å². The van der Waals surface area contributed by atoms with Crippen LogP contribution >= 0.6 is 0 Å². The Balaban J connectivity index is 2.08. The summed E-state index contributed by atoms with van der Waals surface area (Å²) in [6.07, 6.45) is 3.01. The van der Waals surface area contributed by atoms with Gasteiger partial charge in [0.25, 0.3) is 5.91 Å². The van der Waals surface area contributed by atoms with E-state index in [1.165, 1.54) is 12.1 Å². The molecule has 0 saturated heterocycles. The first-order chi connectivity index (χ1) is 14.1. The van der Waals surface area contributed by atoms with Crippen molar-refractivity contribution in [2.24, 2.45) is 0 Å². The number of benzene rings is 2. The lowest BCUT2D eigenvalue weighted by Crippen LogP contribution is -2.24. The maximum absolute atomic E-state index is 13.9. The van der Waals surface area contributed by atoms with Gasteiger partial charge in [-0.05, 0) is 42.8 Å². The highest BCUT2D eigenvalue weighted by Gasteiger charge is 2.17. The fourth-order valence-corrected chi connectivity index (χ4v) is 3.21. The Morgan fingerprint density at radius 3 is 2.62 bits per heavy atom. The quantitative estimate of drug-likeness (QED) is 0.546. The molecular weight excluding hydrogens is 371 g/mol. The zero-order chi connectivity index (χ0) is 20.8. The van der Waals surface area contributed by atoms with Crippen LogP contribution in [0.5, 0.6) is 11.5 Å². The molecule has 6 heteroatoms. The zero-order valence-corrected chi connectivity index (χ0v) is 16.9. The third-order valence-corrected chi connectivity index (χ3v) is 4.77. The summed E-state index contributed by atoms with van der Waals surface area (Å²) < 4.78 is 24.6. The largest absolute Gasteiger partial charge is 0.497 e. The predicted molar refractivity (Wildman–Crippen MR) is 112 cm³/mol. The summed E-state index contributed by atoms with van der Waals surface area (Å²) in [5.74, 6) is 0.580. The number of aromatic nitrogens is 1. The number of methoxy groups -OCH3 is 2. The lowest BCUT2D eigenvalue weighted by Gasteiger charge is -2.13. The Kier molecular flexibility index (Phi) is 6.65. The number of hydrogen-bond acceptors (Lipinski definition) is 4. The molecule has 0 fully saturated rings. The molecule has 0 aliphatic rings. The second kappa shape index (κ2) is 9.37. The van der Waals surface area contributed by atoms with Crippen LogP contribution in [0.15, 0.2) is 42.5 Å². The summed E-state index contributed by atoms with van der Waals surface area (Å²) in [6.45, 7) is 2.68. The van der Waals surface area contributed by atoms with E-state index in [0.717, 1.165) is 24.8 Å². The molecule has 0 unspecified atom stereocenters. The Morgan fingerprint density at radius 1 is 1.07 bits per heavy atom. The van der Waals surface area contributed by atoms with E-state index in [9.17, 15) is 9.18 Å². The molecule has 0 spiro atoms. The average molecular weight is 396 g/mol. The average Bonchev–Trinajstić information content (AvgIpc) is 2.75. The van der Waals surface area contributed by atoms with Crippen LogP contribution in [-0.2, 0) is 0 Å². The van der Waals surface area contributed by atoms with E-state index in [4.69, 9.17) is 9.47 Å². The second-order valence-electron chi connectivity index (χ2n) is 6.75. The van der Waals surface area contributed by atoms with Gasteiger partial charge in [-0.2, -0.15) is 0 Å². The van der Waals surface area contributed by atoms with Crippen LogP contribution in [-0.4, -0.2) is 31.7 Å². The van der Waals surface area contributed by atoms with E-state index in [1.807, 2.05) is 6.07 Å². The van der Waals surface area contributed by atoms with Gasteiger partial charge in [0.05, 0.1) is 31.0 Å². The molecular formula is C23H25FN2O3. The first-order valence-electron chi connectivity index (χ1n) is 9.68. The number of halogens is 1. The summed E-state index contributed by atoms with van der Waals surface area (Å²) >= 11 is 0. The van der Waals surface area contributed by atoms with Crippen molar-refractivity contribution in [2.45, 2.75) is 26.2 Å². The summed E-state index contributed by atoms with van der Waals surface area (Å²) in [4.78, 5) is 17.5. The molecule has 1 aromatic heterocycles. The maximum atomic E-state index is 13.9. The van der Waals surface area contributed by atoms with Crippen LogP contribution in [0.25, 0.3) is 22.2 Å². The molecule has 152 valence electrons. The van der Waals surface area contributed by atoms with Gasteiger partial charge in [-0.25, -0.2) is 9.37 Å². The van der Waals surface area contributed by atoms with Crippen molar-refractivity contribution in [3.8, 4) is 22.8 Å². The Labute approximate surface area is 169 Å². The Hall–Kier alpha value is -3.15. The smallest absolute Gasteiger partial charge is 0.252 e. The molecule has 29 heavy (non-hydrogen) atoms. The van der Waals surface area contributed by atoms with Crippen molar-refractivity contribution >= 4 is 16.8 Å². The summed E-state index contributed by atoms with van der Waals surface area (Å²) in [7, 11) is 3.15. The minimum atomic E-state index is -0.408. The first-order valence-corrected chi connectivity index (χ1v) is 9.68. The summed E-state index contributed by atoms with van der Waals surface area (Å²) in [6, 6.07) is 11.3. The predicted octanol–water partition coefficient (Wildman–Crippen LogP) is 4.98. The topological polar surface area (TPSA) is 60.5 Å². The van der Waals surface area contributed by atoms with Crippen LogP contribution in [0.1, 0.15) is 36.5 Å². The van der Waals surface area contributed by atoms with E-state index >= 15 is 0 Å². The fraction of sp³-hybridized carbons (Fsp3) is 0.304. The first kappa shape index (κ1) is 20.6. The molecule has 1 N–H and O–H groups in total. The number of nitrogens with zero attached hydrogens (tertiary/aromatic N) is 1. The summed E-state index contributed by atoms with van der Waals surface area (Å²) in [5, 5.41) is 3.41. The number of ether oxygens (including phenoxy) is 2. The highest BCUT2D eigenvalue weighted by molar-refractivity contribution is 6.07. The van der Waals surface area contributed by atoms with Crippen LogP contribution in [0.2, 0.25) is 0 Å². The molecule has 0 aliphatic heterocycles. The van der Waals surface area contributed by atoms with Gasteiger partial charge in [0, 0.05) is 23.6 Å². The SMILES string of the molecule is CCCCCNC(=O)c1cc(-c2ccc(OC)cc2OC)nc2ccc(F)cc12. The van der Waals surface area contributed by atoms with Crippen molar-refractivity contribution in [3.63, 3.8) is 0 Å². The molecule has 1 amide bonds. The third-order valence-electron chi connectivity index (χ3n) is 4.77. The van der Waals surface area contributed by atoms with Gasteiger partial charge in [0.15, 0.2) is 0 Å². The van der Waals surface area contributed by atoms with Gasteiger partial charge in [-0.1, -0.05) is 19.8 Å². The molecule has 2 aromatic carbocycles. The number of unbranched alkanes of at least 4 members (excludes halogenated alkanes) is 2. The standard InChI is InChI=1S/C23H25FN2O3/c1-4-5-6-11-25-23(27)19-14-21(26-20-10-7-15(24)12-18(19)20)17-9-8-16(28-2)13-22(17)29-3/h7-10,12-14H,4-6,11H2,1-3H3,(H,25,27). The fourth-order valence-electron chi connectivity index (χ4n) is 3.21. The second-order valence-corrected chi connectivity index (χ2v) is 6.75. The molecule has 0 bridgehead atoms. The minimum Gasteiger partial charge on any atom is -0.497 e. The van der Waals surface area contributed by atoms with Crippen LogP contribution in [0, 0.1) is 5.82 Å². The van der Waals surface area contributed by atoms with E-state index in [-0.39, 0.29) is 5.91 Å². The number of fused-ring (bicyclic) bond motifs is 1. The van der Waals surface area contributed by atoms with Gasteiger partial charge >= 0.3 is 0 Å². The Morgan fingerprint density at radius 2 is 1.90 bits per heavy atom. The number of nitrogens with one attached hydrogen (secondary N) is 1. The van der Waals surface area contributed by atoms with Crippen molar-refractivity contribution in [3.05, 3.63) is 53.8 Å². The molecule has 0 aliphatic carbocycles. The Bertz CT molecular complexity index is 1020. The van der Waals surface area contributed by atoms with Crippen LogP contribution in [0.4, 0.5) is 4.39 Å². The van der Waals surface area contributed by atoms with Crippen LogP contribution < -0.4 is 14.8 Å². The number of pyridine rings is 1. The minimum absolute atomic E-state index is 0.243. The van der Waals surface area contributed by atoms with Crippen LogP contribution in [0.3, 0.4) is 0 Å². The molecule has 0 saturated carbocycles. The number of rotatable bonds is 8. The van der Waals surface area contributed by atoms with Crippen molar-refractivity contribution in [1.82, 2.24) is 10.3 Å². The highest BCUT2D eigenvalue weighted by atomic mass is 19.1. The van der Waals surface area contributed by atoms with Crippen molar-refractivity contribution < 1.29 is 18.7 Å².